The van der Waals surface area contributed by atoms with Crippen LogP contribution in [0.1, 0.15) is 43.2 Å². The van der Waals surface area contributed by atoms with Crippen molar-refractivity contribution in [1.29, 1.82) is 0 Å². The SMILES string of the molecule is COC(=O)[C@@H]1Cc2ccccc2CN1C(=O)CN1CCC(C(=O)N2CCCCC2)CC1. The van der Waals surface area contributed by atoms with Crippen LogP contribution >= 0.6 is 0 Å². The lowest BCUT2D eigenvalue weighted by atomic mass is 9.93. The molecule has 3 aliphatic heterocycles. The zero-order valence-electron chi connectivity index (χ0n) is 18.4. The number of methoxy groups -OCH3 is 1. The second-order valence-electron chi connectivity index (χ2n) is 8.97. The fourth-order valence-electron chi connectivity index (χ4n) is 5.12. The molecule has 0 bridgehead atoms. The maximum absolute atomic E-state index is 13.2. The number of carbonyl (C=O) groups is 3. The summed E-state index contributed by atoms with van der Waals surface area (Å²) in [5, 5.41) is 0. The molecule has 0 unspecified atom stereocenters. The summed E-state index contributed by atoms with van der Waals surface area (Å²) in [4.78, 5) is 44.1. The average Bonchev–Trinajstić information content (AvgIpc) is 2.83. The smallest absolute Gasteiger partial charge is 0.328 e. The summed E-state index contributed by atoms with van der Waals surface area (Å²) in [6.07, 6.45) is 5.52. The van der Waals surface area contributed by atoms with Crippen LogP contribution in [-0.2, 0) is 32.1 Å². The van der Waals surface area contributed by atoms with Gasteiger partial charge in [0.15, 0.2) is 0 Å². The van der Waals surface area contributed by atoms with Crippen LogP contribution in [0.25, 0.3) is 0 Å². The molecule has 0 radical (unpaired) electrons. The van der Waals surface area contributed by atoms with Gasteiger partial charge in [-0.05, 0) is 56.3 Å². The Kier molecular flexibility index (Phi) is 6.90. The Bertz CT molecular complexity index is 813. The highest BCUT2D eigenvalue weighted by atomic mass is 16.5. The Hall–Kier alpha value is -2.41. The second kappa shape index (κ2) is 9.81. The van der Waals surface area contributed by atoms with Crippen LogP contribution in [0.15, 0.2) is 24.3 Å². The fourth-order valence-corrected chi connectivity index (χ4v) is 5.12. The fraction of sp³-hybridized carbons (Fsp3) is 0.625. The number of nitrogens with zero attached hydrogens (tertiary/aromatic N) is 3. The molecule has 2 saturated heterocycles. The summed E-state index contributed by atoms with van der Waals surface area (Å²) in [5.74, 6) is -0.0439. The first-order valence-corrected chi connectivity index (χ1v) is 11.5. The highest BCUT2D eigenvalue weighted by Crippen LogP contribution is 2.26. The maximum Gasteiger partial charge on any atom is 0.328 e. The predicted octanol–water partition coefficient (Wildman–Crippen LogP) is 1.84. The van der Waals surface area contributed by atoms with Crippen LogP contribution < -0.4 is 0 Å². The van der Waals surface area contributed by atoms with Gasteiger partial charge in [0.1, 0.15) is 6.04 Å². The number of ether oxygens (including phenoxy) is 1. The van der Waals surface area contributed by atoms with E-state index in [1.54, 1.807) is 4.90 Å². The van der Waals surface area contributed by atoms with Crippen molar-refractivity contribution in [2.45, 2.75) is 51.1 Å². The molecule has 3 heterocycles. The van der Waals surface area contributed by atoms with Gasteiger partial charge in [0.05, 0.1) is 13.7 Å². The summed E-state index contributed by atoms with van der Waals surface area (Å²) in [6, 6.07) is 7.37. The van der Waals surface area contributed by atoms with Gasteiger partial charge in [-0.15, -0.1) is 0 Å². The molecule has 168 valence electrons. The molecule has 2 fully saturated rings. The van der Waals surface area contributed by atoms with E-state index in [4.69, 9.17) is 4.74 Å². The molecule has 1 aromatic rings. The minimum atomic E-state index is -0.578. The lowest BCUT2D eigenvalue weighted by Gasteiger charge is -2.38. The standard InChI is InChI=1S/C24H33N3O4/c1-31-24(30)21-15-19-7-3-4-8-20(19)16-27(21)22(28)17-25-13-9-18(10-14-25)23(29)26-11-5-2-6-12-26/h3-4,7-8,18,21H,2,5-6,9-17H2,1H3/t21-/m0/s1. The highest BCUT2D eigenvalue weighted by Gasteiger charge is 2.36. The largest absolute Gasteiger partial charge is 0.467 e. The number of benzene rings is 1. The number of carbonyl (C=O) groups excluding carboxylic acids is 3. The third-order valence-corrected chi connectivity index (χ3v) is 7.01. The third kappa shape index (κ3) is 4.92. The zero-order valence-corrected chi connectivity index (χ0v) is 18.4. The van der Waals surface area contributed by atoms with Crippen molar-refractivity contribution in [3.63, 3.8) is 0 Å². The van der Waals surface area contributed by atoms with Crippen LogP contribution in [0.2, 0.25) is 0 Å². The molecule has 7 nitrogen and oxygen atoms in total. The van der Waals surface area contributed by atoms with Gasteiger partial charge in [-0.25, -0.2) is 4.79 Å². The molecule has 0 aliphatic carbocycles. The Morgan fingerprint density at radius 1 is 0.968 bits per heavy atom. The molecule has 0 spiro atoms. The van der Waals surface area contributed by atoms with Gasteiger partial charge < -0.3 is 14.5 Å². The molecule has 31 heavy (non-hydrogen) atoms. The van der Waals surface area contributed by atoms with Crippen molar-refractivity contribution in [3.05, 3.63) is 35.4 Å². The number of hydrogen-bond donors (Lipinski definition) is 0. The summed E-state index contributed by atoms with van der Waals surface area (Å²) in [6.45, 7) is 3.97. The maximum atomic E-state index is 13.2. The minimum absolute atomic E-state index is 0.0503. The Morgan fingerprint density at radius 3 is 2.32 bits per heavy atom. The molecule has 7 heteroatoms. The predicted molar refractivity (Wildman–Crippen MR) is 116 cm³/mol. The molecule has 0 N–H and O–H groups in total. The number of hydrogen-bond acceptors (Lipinski definition) is 5. The summed E-state index contributed by atoms with van der Waals surface area (Å²) in [7, 11) is 1.37. The summed E-state index contributed by atoms with van der Waals surface area (Å²) in [5.41, 5.74) is 2.18. The van der Waals surface area contributed by atoms with E-state index in [0.29, 0.717) is 18.9 Å². The first-order valence-electron chi connectivity index (χ1n) is 11.5. The van der Waals surface area contributed by atoms with E-state index in [1.165, 1.54) is 13.5 Å². The van der Waals surface area contributed by atoms with Gasteiger partial charge in [-0.3, -0.25) is 14.5 Å². The second-order valence-corrected chi connectivity index (χ2v) is 8.97. The number of amides is 2. The van der Waals surface area contributed by atoms with Crippen LogP contribution in [0.3, 0.4) is 0 Å². The molecule has 0 aromatic heterocycles. The highest BCUT2D eigenvalue weighted by molar-refractivity contribution is 5.86. The van der Waals surface area contributed by atoms with Gasteiger partial charge in [0, 0.05) is 32.0 Å². The van der Waals surface area contributed by atoms with Gasteiger partial charge in [0.2, 0.25) is 11.8 Å². The average molecular weight is 428 g/mol. The first kappa shape index (κ1) is 21.8. The van der Waals surface area contributed by atoms with Gasteiger partial charge in [-0.2, -0.15) is 0 Å². The topological polar surface area (TPSA) is 70.2 Å². The molecule has 2 amide bonds. The Balaban J connectivity index is 1.34. The molecule has 4 rings (SSSR count). The Morgan fingerprint density at radius 2 is 1.65 bits per heavy atom. The number of piperidine rings is 2. The zero-order chi connectivity index (χ0) is 21.8. The normalized spacial score (nSPS) is 22.7. The van der Waals surface area contributed by atoms with E-state index in [0.717, 1.165) is 63.0 Å². The van der Waals surface area contributed by atoms with Crippen LogP contribution in [0, 0.1) is 5.92 Å². The molecule has 1 aromatic carbocycles. The monoisotopic (exact) mass is 427 g/mol. The van der Waals surface area contributed by atoms with E-state index in [9.17, 15) is 14.4 Å². The van der Waals surface area contributed by atoms with E-state index in [1.807, 2.05) is 29.2 Å². The first-order chi connectivity index (χ1) is 15.1. The van der Waals surface area contributed by atoms with Crippen molar-refractivity contribution in [1.82, 2.24) is 14.7 Å². The summed E-state index contributed by atoms with van der Waals surface area (Å²) < 4.78 is 4.98. The van der Waals surface area contributed by atoms with E-state index < -0.39 is 6.04 Å². The van der Waals surface area contributed by atoms with Crippen molar-refractivity contribution >= 4 is 17.8 Å². The van der Waals surface area contributed by atoms with Crippen LogP contribution in [0.4, 0.5) is 0 Å². The quantitative estimate of drug-likeness (QED) is 0.686. The molecule has 3 aliphatic rings. The third-order valence-electron chi connectivity index (χ3n) is 7.01. The number of rotatable bonds is 4. The van der Waals surface area contributed by atoms with Crippen molar-refractivity contribution in [2.24, 2.45) is 5.92 Å². The van der Waals surface area contributed by atoms with Crippen molar-refractivity contribution in [2.75, 3.05) is 39.8 Å². The number of esters is 1. The molecular formula is C24H33N3O4. The van der Waals surface area contributed by atoms with Crippen molar-refractivity contribution < 1.29 is 19.1 Å². The van der Waals surface area contributed by atoms with E-state index in [-0.39, 0.29) is 24.3 Å². The van der Waals surface area contributed by atoms with Crippen LogP contribution in [0.5, 0.6) is 0 Å². The number of likely N-dealkylation sites (tertiary alicyclic amines) is 2. The van der Waals surface area contributed by atoms with Crippen molar-refractivity contribution in [3.8, 4) is 0 Å². The van der Waals surface area contributed by atoms with E-state index >= 15 is 0 Å². The number of fused-ring (bicyclic) bond motifs is 1. The van der Waals surface area contributed by atoms with Gasteiger partial charge >= 0.3 is 5.97 Å². The van der Waals surface area contributed by atoms with Gasteiger partial charge in [0.25, 0.3) is 0 Å². The lowest BCUT2D eigenvalue weighted by Crippen LogP contribution is -2.53. The Labute approximate surface area is 184 Å². The minimum Gasteiger partial charge on any atom is -0.467 e. The molecule has 1 atom stereocenters. The van der Waals surface area contributed by atoms with Crippen LogP contribution in [-0.4, -0.2) is 78.4 Å². The summed E-state index contributed by atoms with van der Waals surface area (Å²) >= 11 is 0. The van der Waals surface area contributed by atoms with Gasteiger partial charge in [-0.1, -0.05) is 24.3 Å². The molecular weight excluding hydrogens is 394 g/mol. The lowest BCUT2D eigenvalue weighted by molar-refractivity contribution is -0.154. The molecule has 0 saturated carbocycles. The van der Waals surface area contributed by atoms with E-state index in [2.05, 4.69) is 4.90 Å².